The lowest BCUT2D eigenvalue weighted by Gasteiger charge is -2.22. The number of hydrazine groups is 1. The molecular weight excluding hydrogens is 186 g/mol. The highest BCUT2D eigenvalue weighted by Gasteiger charge is 2.30. The molecule has 0 saturated heterocycles. The fourth-order valence-corrected chi connectivity index (χ4v) is 2.44. The molecule has 1 N–H and O–H groups in total. The van der Waals surface area contributed by atoms with E-state index in [9.17, 15) is 0 Å². The quantitative estimate of drug-likeness (QED) is 0.688. The topological polar surface area (TPSA) is 27.6 Å². The second-order valence-corrected chi connectivity index (χ2v) is 4.39. The lowest BCUT2D eigenvalue weighted by molar-refractivity contribution is 0.257. The Kier molecular flexibility index (Phi) is 1.83. The average Bonchev–Trinajstić information content (AvgIpc) is 2.58. The number of benzene rings is 1. The van der Waals surface area contributed by atoms with Crippen LogP contribution in [0.4, 0.5) is 0 Å². The van der Waals surface area contributed by atoms with Gasteiger partial charge >= 0.3 is 0 Å². The molecule has 1 unspecified atom stereocenters. The van der Waals surface area contributed by atoms with Crippen molar-refractivity contribution in [3.05, 3.63) is 34.9 Å². The molecule has 1 aromatic carbocycles. The van der Waals surface area contributed by atoms with E-state index in [4.69, 9.17) is 0 Å². The normalized spacial score (nSPS) is 23.5. The fraction of sp³-hybridized carbons (Fsp3) is 0.417. The van der Waals surface area contributed by atoms with E-state index in [2.05, 4.69) is 35.7 Å². The van der Waals surface area contributed by atoms with Crippen LogP contribution in [0.5, 0.6) is 0 Å². The molecule has 0 amide bonds. The van der Waals surface area contributed by atoms with Crippen LogP contribution >= 0.6 is 0 Å². The summed E-state index contributed by atoms with van der Waals surface area (Å²) in [6.07, 6.45) is 2.30. The number of fused-ring (bicyclic) bond motifs is 3. The van der Waals surface area contributed by atoms with Gasteiger partial charge in [-0.3, -0.25) is 0 Å². The summed E-state index contributed by atoms with van der Waals surface area (Å²) in [6, 6.07) is 7.10. The Labute approximate surface area is 89.8 Å². The van der Waals surface area contributed by atoms with Crippen molar-refractivity contribution in [1.82, 2.24) is 10.5 Å². The van der Waals surface area contributed by atoms with Crippen molar-refractivity contribution in [2.45, 2.75) is 25.8 Å². The molecule has 1 atom stereocenters. The third kappa shape index (κ3) is 1.35. The minimum absolute atomic E-state index is 0.421. The lowest BCUT2D eigenvalue weighted by Crippen LogP contribution is -2.38. The van der Waals surface area contributed by atoms with Crippen LogP contribution in [0.2, 0.25) is 0 Å². The maximum absolute atomic E-state index is 4.53. The van der Waals surface area contributed by atoms with Gasteiger partial charge < -0.3 is 0 Å². The van der Waals surface area contributed by atoms with E-state index < -0.39 is 0 Å². The minimum atomic E-state index is 0.421. The van der Waals surface area contributed by atoms with E-state index in [0.29, 0.717) is 6.04 Å². The molecule has 1 aliphatic heterocycles. The summed E-state index contributed by atoms with van der Waals surface area (Å²) in [5, 5.41) is 6.36. The molecule has 78 valence electrons. The zero-order chi connectivity index (χ0) is 10.4. The lowest BCUT2D eigenvalue weighted by atomic mass is 9.86. The summed E-state index contributed by atoms with van der Waals surface area (Å²) in [7, 11) is 1.96. The van der Waals surface area contributed by atoms with Gasteiger partial charge in [-0.2, -0.15) is 5.10 Å². The first-order valence-corrected chi connectivity index (χ1v) is 5.42. The van der Waals surface area contributed by atoms with Gasteiger partial charge in [0.1, 0.15) is 0 Å². The van der Waals surface area contributed by atoms with Gasteiger partial charge in [0, 0.05) is 12.6 Å². The van der Waals surface area contributed by atoms with Gasteiger partial charge in [0.2, 0.25) is 0 Å². The van der Waals surface area contributed by atoms with E-state index >= 15 is 0 Å². The summed E-state index contributed by atoms with van der Waals surface area (Å²) >= 11 is 0. The standard InChI is InChI=1S/C12H15N3/c1-8-3-4-9-5-6-11-12(10(9)7-8)14-15(2)13-11/h3-4,7,11,13H,5-6H2,1-2H3. The molecule has 0 aromatic heterocycles. The van der Waals surface area contributed by atoms with E-state index in [-0.39, 0.29) is 0 Å². The first-order chi connectivity index (χ1) is 7.24. The fourth-order valence-electron chi connectivity index (χ4n) is 2.44. The number of nitrogens with zero attached hydrogens (tertiary/aromatic N) is 2. The predicted molar refractivity (Wildman–Crippen MR) is 60.7 cm³/mol. The molecule has 0 spiro atoms. The first kappa shape index (κ1) is 8.92. The van der Waals surface area contributed by atoms with Gasteiger partial charge in [-0.1, -0.05) is 17.7 Å². The Balaban J connectivity index is 2.13. The number of hydrogen-bond donors (Lipinski definition) is 1. The average molecular weight is 201 g/mol. The van der Waals surface area contributed by atoms with E-state index in [1.54, 1.807) is 0 Å². The third-order valence-corrected chi connectivity index (χ3v) is 3.17. The Bertz CT molecular complexity index is 436. The minimum Gasteiger partial charge on any atom is -0.232 e. The van der Waals surface area contributed by atoms with Gasteiger partial charge in [-0.15, -0.1) is 0 Å². The first-order valence-electron chi connectivity index (χ1n) is 5.42. The molecule has 15 heavy (non-hydrogen) atoms. The molecule has 0 fully saturated rings. The van der Waals surface area contributed by atoms with E-state index in [1.807, 2.05) is 12.2 Å². The van der Waals surface area contributed by atoms with Crippen LogP contribution in [0.15, 0.2) is 23.3 Å². The summed E-state index contributed by atoms with van der Waals surface area (Å²) in [5.74, 6) is 0. The molecule has 1 aliphatic carbocycles. The molecule has 0 radical (unpaired) electrons. The van der Waals surface area contributed by atoms with Crippen LogP contribution in [0.25, 0.3) is 0 Å². The highest BCUT2D eigenvalue weighted by Crippen LogP contribution is 2.25. The molecule has 0 saturated carbocycles. The number of rotatable bonds is 0. The Morgan fingerprint density at radius 1 is 1.47 bits per heavy atom. The van der Waals surface area contributed by atoms with E-state index in [1.165, 1.54) is 22.4 Å². The highest BCUT2D eigenvalue weighted by atomic mass is 15.7. The molecule has 3 nitrogen and oxygen atoms in total. The highest BCUT2D eigenvalue weighted by molar-refractivity contribution is 6.07. The maximum Gasteiger partial charge on any atom is 0.0884 e. The smallest absolute Gasteiger partial charge is 0.0884 e. The zero-order valence-corrected chi connectivity index (χ0v) is 9.12. The third-order valence-electron chi connectivity index (χ3n) is 3.17. The Morgan fingerprint density at radius 2 is 2.33 bits per heavy atom. The number of nitrogens with one attached hydrogen (secondary N) is 1. The van der Waals surface area contributed by atoms with Crippen molar-refractivity contribution in [1.29, 1.82) is 0 Å². The van der Waals surface area contributed by atoms with Crippen LogP contribution in [0, 0.1) is 6.92 Å². The van der Waals surface area contributed by atoms with Crippen molar-refractivity contribution >= 4 is 5.71 Å². The molecular formula is C12H15N3. The monoisotopic (exact) mass is 201 g/mol. The van der Waals surface area contributed by atoms with Gasteiger partial charge in [0.15, 0.2) is 0 Å². The Morgan fingerprint density at radius 3 is 3.20 bits per heavy atom. The summed E-state index contributed by atoms with van der Waals surface area (Å²) < 4.78 is 0. The van der Waals surface area contributed by atoms with Crippen molar-refractivity contribution in [3.8, 4) is 0 Å². The van der Waals surface area contributed by atoms with Crippen LogP contribution in [0.1, 0.15) is 23.1 Å². The number of aryl methyl sites for hydroxylation is 2. The van der Waals surface area contributed by atoms with Gasteiger partial charge in [0.05, 0.1) is 11.8 Å². The number of hydrogen-bond acceptors (Lipinski definition) is 3. The van der Waals surface area contributed by atoms with Crippen molar-refractivity contribution in [2.24, 2.45) is 5.10 Å². The molecule has 1 aromatic rings. The van der Waals surface area contributed by atoms with Crippen LogP contribution < -0.4 is 5.43 Å². The zero-order valence-electron chi connectivity index (χ0n) is 9.12. The molecule has 1 heterocycles. The van der Waals surface area contributed by atoms with Crippen molar-refractivity contribution < 1.29 is 0 Å². The van der Waals surface area contributed by atoms with Gasteiger partial charge in [-0.05, 0) is 31.4 Å². The summed E-state index contributed by atoms with van der Waals surface area (Å²) in [6.45, 7) is 2.14. The second kappa shape index (κ2) is 3.07. The predicted octanol–water partition coefficient (Wildman–Crippen LogP) is 1.46. The van der Waals surface area contributed by atoms with Crippen molar-refractivity contribution in [2.75, 3.05) is 7.05 Å². The summed E-state index contributed by atoms with van der Waals surface area (Å²) in [4.78, 5) is 0. The van der Waals surface area contributed by atoms with Crippen LogP contribution in [0.3, 0.4) is 0 Å². The SMILES string of the molecule is Cc1ccc2c(c1)C1=NN(C)NC1CC2. The molecule has 3 heteroatoms. The Hall–Kier alpha value is -1.35. The van der Waals surface area contributed by atoms with Crippen molar-refractivity contribution in [3.63, 3.8) is 0 Å². The van der Waals surface area contributed by atoms with E-state index in [0.717, 1.165) is 12.8 Å². The molecule has 3 rings (SSSR count). The molecule has 2 aliphatic rings. The number of hydrazone groups is 1. The van der Waals surface area contributed by atoms with Gasteiger partial charge in [-0.25, -0.2) is 10.5 Å². The van der Waals surface area contributed by atoms with Gasteiger partial charge in [0.25, 0.3) is 0 Å². The van der Waals surface area contributed by atoms with Crippen LogP contribution in [-0.2, 0) is 6.42 Å². The summed E-state index contributed by atoms with van der Waals surface area (Å²) in [5.41, 5.74) is 8.64. The van der Waals surface area contributed by atoms with Crippen LogP contribution in [-0.4, -0.2) is 23.9 Å². The largest absolute Gasteiger partial charge is 0.232 e. The maximum atomic E-state index is 4.53. The molecule has 0 bridgehead atoms. The second-order valence-electron chi connectivity index (χ2n) is 4.39.